The monoisotopic (exact) mass is 282 g/mol. The first-order valence-electron chi connectivity index (χ1n) is 6.20. The van der Waals surface area contributed by atoms with E-state index in [1.807, 2.05) is 38.1 Å². The molecule has 0 aliphatic heterocycles. The molecule has 2 rings (SSSR count). The van der Waals surface area contributed by atoms with Crippen LogP contribution in [0, 0.1) is 25.2 Å². The first-order valence-corrected chi connectivity index (χ1v) is 7.18. The highest BCUT2D eigenvalue weighted by atomic mass is 32.2. The van der Waals surface area contributed by atoms with Gasteiger partial charge in [0.05, 0.1) is 11.3 Å². The zero-order chi connectivity index (χ0) is 14.5. The van der Waals surface area contributed by atoms with Gasteiger partial charge in [0.1, 0.15) is 11.1 Å². The van der Waals surface area contributed by atoms with Gasteiger partial charge in [-0.15, -0.1) is 0 Å². The summed E-state index contributed by atoms with van der Waals surface area (Å²) in [6, 6.07) is 11.4. The third-order valence-electron chi connectivity index (χ3n) is 2.95. The van der Waals surface area contributed by atoms with Crippen molar-refractivity contribution in [3.63, 3.8) is 0 Å². The number of carbonyl (C=O) groups is 1. The van der Waals surface area contributed by atoms with Gasteiger partial charge in [0.15, 0.2) is 5.78 Å². The molecule has 1 heterocycles. The van der Waals surface area contributed by atoms with Crippen molar-refractivity contribution >= 4 is 17.5 Å². The zero-order valence-corrected chi connectivity index (χ0v) is 12.2. The summed E-state index contributed by atoms with van der Waals surface area (Å²) in [4.78, 5) is 16.3. The van der Waals surface area contributed by atoms with Gasteiger partial charge in [0, 0.05) is 11.8 Å². The highest BCUT2D eigenvalue weighted by Crippen LogP contribution is 2.23. The van der Waals surface area contributed by atoms with E-state index in [1.165, 1.54) is 11.8 Å². The van der Waals surface area contributed by atoms with Crippen molar-refractivity contribution in [3.8, 4) is 6.07 Å². The maximum Gasteiger partial charge on any atom is 0.173 e. The molecule has 0 radical (unpaired) electrons. The SMILES string of the molecule is Cc1ccc(C(=O)CSc2nccc(C)c2C#N)cc1. The van der Waals surface area contributed by atoms with Crippen LogP contribution in [0.4, 0.5) is 0 Å². The van der Waals surface area contributed by atoms with Crippen molar-refractivity contribution in [1.29, 1.82) is 5.26 Å². The second-order valence-electron chi connectivity index (χ2n) is 4.50. The van der Waals surface area contributed by atoms with Gasteiger partial charge in [-0.1, -0.05) is 41.6 Å². The Morgan fingerprint density at radius 3 is 2.60 bits per heavy atom. The number of aryl methyl sites for hydroxylation is 2. The van der Waals surface area contributed by atoms with Gasteiger partial charge in [-0.05, 0) is 25.5 Å². The van der Waals surface area contributed by atoms with Gasteiger partial charge in [-0.25, -0.2) is 4.98 Å². The zero-order valence-electron chi connectivity index (χ0n) is 11.4. The molecule has 100 valence electrons. The Morgan fingerprint density at radius 1 is 1.25 bits per heavy atom. The predicted octanol–water partition coefficient (Wildman–Crippen LogP) is 3.55. The molecule has 0 fully saturated rings. The first kappa shape index (κ1) is 14.3. The number of ketones is 1. The second kappa shape index (κ2) is 6.36. The molecule has 0 aliphatic rings. The number of thioether (sulfide) groups is 1. The molecule has 3 nitrogen and oxygen atoms in total. The topological polar surface area (TPSA) is 53.8 Å². The fraction of sp³-hybridized carbons (Fsp3) is 0.188. The lowest BCUT2D eigenvalue weighted by Crippen LogP contribution is -2.03. The van der Waals surface area contributed by atoms with E-state index in [0.717, 1.165) is 11.1 Å². The number of nitrogens with zero attached hydrogens (tertiary/aromatic N) is 2. The van der Waals surface area contributed by atoms with Crippen molar-refractivity contribution in [2.45, 2.75) is 18.9 Å². The molecule has 2 aromatic rings. The largest absolute Gasteiger partial charge is 0.293 e. The average molecular weight is 282 g/mol. The maximum absolute atomic E-state index is 12.1. The van der Waals surface area contributed by atoms with Crippen LogP contribution in [0.2, 0.25) is 0 Å². The van der Waals surface area contributed by atoms with Crippen molar-refractivity contribution in [2.75, 3.05) is 5.75 Å². The summed E-state index contributed by atoms with van der Waals surface area (Å²) < 4.78 is 0. The molecule has 0 amide bonds. The van der Waals surface area contributed by atoms with E-state index >= 15 is 0 Å². The number of benzene rings is 1. The quantitative estimate of drug-likeness (QED) is 0.635. The Morgan fingerprint density at radius 2 is 1.95 bits per heavy atom. The number of hydrogen-bond acceptors (Lipinski definition) is 4. The van der Waals surface area contributed by atoms with Crippen LogP contribution in [0.3, 0.4) is 0 Å². The molecule has 1 aromatic heterocycles. The predicted molar refractivity (Wildman–Crippen MR) is 79.9 cm³/mol. The second-order valence-corrected chi connectivity index (χ2v) is 5.46. The van der Waals surface area contributed by atoms with Gasteiger partial charge in [-0.3, -0.25) is 4.79 Å². The molecule has 0 atom stereocenters. The summed E-state index contributed by atoms with van der Waals surface area (Å²) in [6.07, 6.45) is 1.66. The summed E-state index contributed by atoms with van der Waals surface area (Å²) in [5, 5.41) is 9.74. The van der Waals surface area contributed by atoms with E-state index in [0.29, 0.717) is 16.2 Å². The van der Waals surface area contributed by atoms with E-state index in [9.17, 15) is 4.79 Å². The lowest BCUT2D eigenvalue weighted by atomic mass is 10.1. The fourth-order valence-electron chi connectivity index (χ4n) is 1.74. The minimum absolute atomic E-state index is 0.0437. The number of aromatic nitrogens is 1. The minimum atomic E-state index is 0.0437. The normalized spacial score (nSPS) is 10.1. The van der Waals surface area contributed by atoms with Crippen LogP contribution in [-0.2, 0) is 0 Å². The standard InChI is InChI=1S/C16H14N2OS/c1-11-3-5-13(6-4-11)15(19)10-20-16-14(9-17)12(2)7-8-18-16/h3-8H,10H2,1-2H3. The van der Waals surface area contributed by atoms with Gasteiger partial charge in [-0.2, -0.15) is 5.26 Å². The number of nitriles is 1. The lowest BCUT2D eigenvalue weighted by molar-refractivity contribution is 0.102. The van der Waals surface area contributed by atoms with Crippen LogP contribution in [0.15, 0.2) is 41.6 Å². The Kier molecular flexibility index (Phi) is 4.54. The van der Waals surface area contributed by atoms with Crippen molar-refractivity contribution in [2.24, 2.45) is 0 Å². The lowest BCUT2D eigenvalue weighted by Gasteiger charge is -2.05. The van der Waals surface area contributed by atoms with Crippen LogP contribution in [0.1, 0.15) is 27.0 Å². The van der Waals surface area contributed by atoms with Crippen molar-refractivity contribution < 1.29 is 4.79 Å². The summed E-state index contributed by atoms with van der Waals surface area (Å²) in [6.45, 7) is 3.85. The number of hydrogen-bond donors (Lipinski definition) is 0. The molecule has 0 spiro atoms. The molecule has 0 saturated carbocycles. The first-order chi connectivity index (χ1) is 9.61. The van der Waals surface area contributed by atoms with Gasteiger partial charge in [0.25, 0.3) is 0 Å². The van der Waals surface area contributed by atoms with E-state index in [4.69, 9.17) is 5.26 Å². The van der Waals surface area contributed by atoms with Gasteiger partial charge >= 0.3 is 0 Å². The smallest absolute Gasteiger partial charge is 0.173 e. The van der Waals surface area contributed by atoms with Crippen LogP contribution in [0.25, 0.3) is 0 Å². The van der Waals surface area contributed by atoms with Gasteiger partial charge in [0.2, 0.25) is 0 Å². The highest BCUT2D eigenvalue weighted by Gasteiger charge is 2.11. The van der Waals surface area contributed by atoms with Crippen molar-refractivity contribution in [3.05, 3.63) is 58.8 Å². The number of rotatable bonds is 4. The molecule has 20 heavy (non-hydrogen) atoms. The van der Waals surface area contributed by atoms with E-state index in [-0.39, 0.29) is 11.5 Å². The molecule has 0 bridgehead atoms. The highest BCUT2D eigenvalue weighted by molar-refractivity contribution is 8.00. The number of pyridine rings is 1. The molecule has 0 unspecified atom stereocenters. The third kappa shape index (κ3) is 3.25. The maximum atomic E-state index is 12.1. The van der Waals surface area contributed by atoms with Crippen LogP contribution in [0.5, 0.6) is 0 Å². The van der Waals surface area contributed by atoms with Crippen LogP contribution >= 0.6 is 11.8 Å². The molecular weight excluding hydrogens is 268 g/mol. The summed E-state index contributed by atoms with van der Waals surface area (Å²) >= 11 is 1.31. The van der Waals surface area contributed by atoms with E-state index in [1.54, 1.807) is 12.3 Å². The Labute approximate surface area is 122 Å². The van der Waals surface area contributed by atoms with Crippen LogP contribution < -0.4 is 0 Å². The molecule has 0 saturated heterocycles. The summed E-state index contributed by atoms with van der Waals surface area (Å²) in [5.41, 5.74) is 3.25. The molecular formula is C16H14N2OS. The van der Waals surface area contributed by atoms with Gasteiger partial charge < -0.3 is 0 Å². The Balaban J connectivity index is 2.10. The number of Topliss-reactive ketones (excluding diaryl/α,β-unsaturated/α-hetero) is 1. The summed E-state index contributed by atoms with van der Waals surface area (Å²) in [5.74, 6) is 0.330. The Hall–Kier alpha value is -2.12. The minimum Gasteiger partial charge on any atom is -0.293 e. The third-order valence-corrected chi connectivity index (χ3v) is 3.94. The average Bonchev–Trinajstić information content (AvgIpc) is 2.45. The molecule has 0 aliphatic carbocycles. The van der Waals surface area contributed by atoms with Crippen LogP contribution in [-0.4, -0.2) is 16.5 Å². The summed E-state index contributed by atoms with van der Waals surface area (Å²) in [7, 11) is 0. The number of carbonyl (C=O) groups excluding carboxylic acids is 1. The Bertz CT molecular complexity index is 672. The molecule has 0 N–H and O–H groups in total. The molecule has 4 heteroatoms. The fourth-order valence-corrected chi connectivity index (χ4v) is 2.66. The van der Waals surface area contributed by atoms with E-state index < -0.39 is 0 Å². The molecule has 1 aromatic carbocycles. The van der Waals surface area contributed by atoms with E-state index in [2.05, 4.69) is 11.1 Å². The van der Waals surface area contributed by atoms with Crippen molar-refractivity contribution in [1.82, 2.24) is 4.98 Å².